The number of rotatable bonds is 2. The summed E-state index contributed by atoms with van der Waals surface area (Å²) in [7, 11) is 1.89. The number of nitrogens with two attached hydrogens (primary N) is 1. The van der Waals surface area contributed by atoms with Crippen molar-refractivity contribution >= 4 is 0 Å². The Hall–Kier alpha value is -1.68. The van der Waals surface area contributed by atoms with Crippen molar-refractivity contribution in [2.24, 2.45) is 12.8 Å². The molecule has 0 fully saturated rings. The molecule has 0 spiro atoms. The second-order valence-electron chi connectivity index (χ2n) is 4.01. The summed E-state index contributed by atoms with van der Waals surface area (Å²) in [5.74, 6) is 0. The topological polar surface area (TPSA) is 56.7 Å². The number of aromatic nitrogens is 3. The molecule has 1 aromatic carbocycles. The maximum Gasteiger partial charge on any atom is 0.104 e. The molecule has 4 nitrogen and oxygen atoms in total. The smallest absolute Gasteiger partial charge is 0.104 e. The summed E-state index contributed by atoms with van der Waals surface area (Å²) < 4.78 is 1.77. The van der Waals surface area contributed by atoms with Gasteiger partial charge in [-0.05, 0) is 31.0 Å². The second kappa shape index (κ2) is 4.06. The standard InChI is InChI=1S/C12H16N4/c1-8-4-5-10(6-9(8)2)12-11(7-13)14-15-16(12)3/h4-6H,7,13H2,1-3H3. The average Bonchev–Trinajstić information content (AvgIpc) is 2.64. The van der Waals surface area contributed by atoms with E-state index in [0.717, 1.165) is 17.0 Å². The molecule has 0 atom stereocenters. The highest BCUT2D eigenvalue weighted by Crippen LogP contribution is 2.23. The molecule has 16 heavy (non-hydrogen) atoms. The first-order chi connectivity index (χ1) is 7.63. The third kappa shape index (κ3) is 1.72. The van der Waals surface area contributed by atoms with Gasteiger partial charge in [-0.2, -0.15) is 0 Å². The van der Waals surface area contributed by atoms with Crippen molar-refractivity contribution in [2.75, 3.05) is 0 Å². The van der Waals surface area contributed by atoms with Gasteiger partial charge in [0, 0.05) is 19.2 Å². The summed E-state index contributed by atoms with van der Waals surface area (Å²) in [4.78, 5) is 0. The van der Waals surface area contributed by atoms with Crippen LogP contribution in [0.1, 0.15) is 16.8 Å². The molecule has 1 heterocycles. The summed E-state index contributed by atoms with van der Waals surface area (Å²) in [6, 6.07) is 6.34. The van der Waals surface area contributed by atoms with Crippen LogP contribution in [0.15, 0.2) is 18.2 Å². The lowest BCUT2D eigenvalue weighted by atomic mass is 10.0. The van der Waals surface area contributed by atoms with Gasteiger partial charge in [0.25, 0.3) is 0 Å². The minimum absolute atomic E-state index is 0.413. The first-order valence-corrected chi connectivity index (χ1v) is 5.29. The van der Waals surface area contributed by atoms with Crippen LogP contribution < -0.4 is 5.73 Å². The summed E-state index contributed by atoms with van der Waals surface area (Å²) in [6.45, 7) is 4.62. The molecule has 1 aromatic heterocycles. The Morgan fingerprint density at radius 1 is 1.25 bits per heavy atom. The van der Waals surface area contributed by atoms with Crippen LogP contribution in [0.2, 0.25) is 0 Å². The predicted octanol–water partition coefficient (Wildman–Crippen LogP) is 1.56. The first kappa shape index (κ1) is 10.8. The number of nitrogens with zero attached hydrogens (tertiary/aromatic N) is 3. The Kier molecular flexibility index (Phi) is 2.75. The summed E-state index contributed by atoms with van der Waals surface area (Å²) >= 11 is 0. The van der Waals surface area contributed by atoms with E-state index < -0.39 is 0 Å². The van der Waals surface area contributed by atoms with E-state index >= 15 is 0 Å². The van der Waals surface area contributed by atoms with Crippen LogP contribution in [0.3, 0.4) is 0 Å². The van der Waals surface area contributed by atoms with Crippen LogP contribution in [0.25, 0.3) is 11.3 Å². The monoisotopic (exact) mass is 216 g/mol. The molecule has 0 radical (unpaired) electrons. The van der Waals surface area contributed by atoms with Crippen LogP contribution in [-0.4, -0.2) is 15.0 Å². The molecule has 2 rings (SSSR count). The molecule has 0 bridgehead atoms. The highest BCUT2D eigenvalue weighted by Gasteiger charge is 2.11. The minimum Gasteiger partial charge on any atom is -0.325 e. The van der Waals surface area contributed by atoms with Gasteiger partial charge in [-0.1, -0.05) is 17.3 Å². The van der Waals surface area contributed by atoms with E-state index in [1.54, 1.807) is 4.68 Å². The van der Waals surface area contributed by atoms with Gasteiger partial charge in [0.15, 0.2) is 0 Å². The van der Waals surface area contributed by atoms with Crippen LogP contribution in [0.5, 0.6) is 0 Å². The zero-order valence-corrected chi connectivity index (χ0v) is 9.86. The van der Waals surface area contributed by atoms with E-state index in [9.17, 15) is 0 Å². The van der Waals surface area contributed by atoms with E-state index in [4.69, 9.17) is 5.73 Å². The van der Waals surface area contributed by atoms with Gasteiger partial charge >= 0.3 is 0 Å². The minimum atomic E-state index is 0.413. The lowest BCUT2D eigenvalue weighted by molar-refractivity contribution is 0.718. The molecular formula is C12H16N4. The Bertz CT molecular complexity index is 514. The van der Waals surface area contributed by atoms with E-state index in [1.165, 1.54) is 11.1 Å². The zero-order valence-electron chi connectivity index (χ0n) is 9.86. The van der Waals surface area contributed by atoms with Crippen LogP contribution in [0.4, 0.5) is 0 Å². The zero-order chi connectivity index (χ0) is 11.7. The van der Waals surface area contributed by atoms with Crippen LogP contribution >= 0.6 is 0 Å². The Balaban J connectivity index is 2.57. The molecule has 2 aromatic rings. The van der Waals surface area contributed by atoms with Crippen LogP contribution in [0, 0.1) is 13.8 Å². The largest absolute Gasteiger partial charge is 0.325 e. The Labute approximate surface area is 95.1 Å². The van der Waals surface area contributed by atoms with E-state index in [-0.39, 0.29) is 0 Å². The quantitative estimate of drug-likeness (QED) is 0.828. The molecule has 0 aliphatic heterocycles. The molecule has 4 heteroatoms. The molecule has 0 aliphatic rings. The number of benzene rings is 1. The van der Waals surface area contributed by atoms with Gasteiger partial charge in [-0.3, -0.25) is 0 Å². The fourth-order valence-electron chi connectivity index (χ4n) is 1.78. The SMILES string of the molecule is Cc1ccc(-c2c(CN)nnn2C)cc1C. The van der Waals surface area contributed by atoms with Gasteiger partial charge in [0.2, 0.25) is 0 Å². The van der Waals surface area contributed by atoms with E-state index in [1.807, 2.05) is 7.05 Å². The molecule has 0 unspecified atom stereocenters. The second-order valence-corrected chi connectivity index (χ2v) is 4.01. The van der Waals surface area contributed by atoms with E-state index in [0.29, 0.717) is 6.54 Å². The van der Waals surface area contributed by atoms with Crippen molar-refractivity contribution in [3.05, 3.63) is 35.0 Å². The molecular weight excluding hydrogens is 200 g/mol. The molecule has 0 saturated heterocycles. The van der Waals surface area contributed by atoms with Crippen LogP contribution in [-0.2, 0) is 13.6 Å². The van der Waals surface area contributed by atoms with Crippen molar-refractivity contribution in [3.63, 3.8) is 0 Å². The fourth-order valence-corrected chi connectivity index (χ4v) is 1.78. The van der Waals surface area contributed by atoms with Crippen molar-refractivity contribution in [3.8, 4) is 11.3 Å². The fraction of sp³-hybridized carbons (Fsp3) is 0.333. The van der Waals surface area contributed by atoms with Crippen molar-refractivity contribution in [2.45, 2.75) is 20.4 Å². The van der Waals surface area contributed by atoms with Gasteiger partial charge in [-0.15, -0.1) is 5.10 Å². The third-order valence-electron chi connectivity index (χ3n) is 2.87. The normalized spacial score (nSPS) is 10.8. The van der Waals surface area contributed by atoms with Gasteiger partial charge < -0.3 is 5.73 Å². The van der Waals surface area contributed by atoms with Crippen molar-refractivity contribution in [1.29, 1.82) is 0 Å². The average molecular weight is 216 g/mol. The van der Waals surface area contributed by atoms with Gasteiger partial charge in [0.1, 0.15) is 5.69 Å². The molecule has 2 N–H and O–H groups in total. The molecule has 84 valence electrons. The van der Waals surface area contributed by atoms with Crippen molar-refractivity contribution in [1.82, 2.24) is 15.0 Å². The number of aryl methyl sites for hydroxylation is 3. The van der Waals surface area contributed by atoms with E-state index in [2.05, 4.69) is 42.4 Å². The van der Waals surface area contributed by atoms with Gasteiger partial charge in [-0.25, -0.2) is 4.68 Å². The summed E-state index contributed by atoms with van der Waals surface area (Å²) in [5.41, 5.74) is 11.2. The third-order valence-corrected chi connectivity index (χ3v) is 2.87. The summed E-state index contributed by atoms with van der Waals surface area (Å²) in [6.07, 6.45) is 0. The lowest BCUT2D eigenvalue weighted by Crippen LogP contribution is -2.01. The Morgan fingerprint density at radius 3 is 2.62 bits per heavy atom. The highest BCUT2D eigenvalue weighted by molar-refractivity contribution is 5.63. The van der Waals surface area contributed by atoms with Gasteiger partial charge in [0.05, 0.1) is 5.69 Å². The maximum absolute atomic E-state index is 5.65. The number of hydrogen-bond acceptors (Lipinski definition) is 3. The molecule has 0 saturated carbocycles. The lowest BCUT2D eigenvalue weighted by Gasteiger charge is -2.06. The molecule has 0 amide bonds. The molecule has 0 aliphatic carbocycles. The number of hydrogen-bond donors (Lipinski definition) is 1. The predicted molar refractivity (Wildman–Crippen MR) is 63.8 cm³/mol. The first-order valence-electron chi connectivity index (χ1n) is 5.29. The maximum atomic E-state index is 5.65. The summed E-state index contributed by atoms with van der Waals surface area (Å²) in [5, 5.41) is 8.05. The van der Waals surface area contributed by atoms with Crippen molar-refractivity contribution < 1.29 is 0 Å². The highest BCUT2D eigenvalue weighted by atomic mass is 15.4. The Morgan fingerprint density at radius 2 is 2.00 bits per heavy atom.